The maximum Gasteiger partial charge on any atom is 0.234 e. The number of likely N-dealkylation sites (tertiary alicyclic amines) is 1. The average molecular weight is 376 g/mol. The molecule has 0 unspecified atom stereocenters. The molecule has 1 aliphatic heterocycles. The monoisotopic (exact) mass is 375 g/mol. The van der Waals surface area contributed by atoms with Crippen molar-refractivity contribution in [3.05, 3.63) is 65.7 Å². The molecule has 2 atom stereocenters. The SMILES string of the molecule is COc1cccc(CNC(=O)CN2C[C@@H](N)[C@H](c3ccccc3)C2)c1.Cl. The summed E-state index contributed by atoms with van der Waals surface area (Å²) >= 11 is 0. The predicted molar refractivity (Wildman–Crippen MR) is 106 cm³/mol. The summed E-state index contributed by atoms with van der Waals surface area (Å²) in [4.78, 5) is 14.4. The van der Waals surface area contributed by atoms with Gasteiger partial charge >= 0.3 is 0 Å². The molecule has 26 heavy (non-hydrogen) atoms. The van der Waals surface area contributed by atoms with Crippen molar-refractivity contribution in [1.82, 2.24) is 10.2 Å². The minimum Gasteiger partial charge on any atom is -0.497 e. The summed E-state index contributed by atoms with van der Waals surface area (Å²) in [7, 11) is 1.64. The zero-order valence-electron chi connectivity index (χ0n) is 14.9. The summed E-state index contributed by atoms with van der Waals surface area (Å²) in [6.45, 7) is 2.43. The van der Waals surface area contributed by atoms with Gasteiger partial charge in [0.25, 0.3) is 0 Å². The van der Waals surface area contributed by atoms with Crippen LogP contribution in [0.5, 0.6) is 5.75 Å². The molecule has 2 aromatic carbocycles. The number of hydrogen-bond donors (Lipinski definition) is 2. The van der Waals surface area contributed by atoms with E-state index in [0.29, 0.717) is 13.1 Å². The van der Waals surface area contributed by atoms with Crippen molar-refractivity contribution in [2.24, 2.45) is 5.73 Å². The second-order valence-electron chi connectivity index (χ2n) is 6.50. The lowest BCUT2D eigenvalue weighted by molar-refractivity contribution is -0.122. The van der Waals surface area contributed by atoms with Crippen molar-refractivity contribution >= 4 is 18.3 Å². The minimum absolute atomic E-state index is 0. The Morgan fingerprint density at radius 3 is 2.69 bits per heavy atom. The van der Waals surface area contributed by atoms with Crippen LogP contribution in [-0.4, -0.2) is 43.6 Å². The first kappa shape index (κ1) is 20.2. The topological polar surface area (TPSA) is 67.6 Å². The van der Waals surface area contributed by atoms with E-state index in [1.165, 1.54) is 5.56 Å². The number of benzene rings is 2. The Hall–Kier alpha value is -2.08. The van der Waals surface area contributed by atoms with E-state index in [-0.39, 0.29) is 30.3 Å². The van der Waals surface area contributed by atoms with Crippen LogP contribution >= 0.6 is 12.4 Å². The van der Waals surface area contributed by atoms with E-state index in [4.69, 9.17) is 10.5 Å². The largest absolute Gasteiger partial charge is 0.497 e. The number of methoxy groups -OCH3 is 1. The number of carbonyl (C=O) groups is 1. The highest BCUT2D eigenvalue weighted by atomic mass is 35.5. The second-order valence-corrected chi connectivity index (χ2v) is 6.50. The Morgan fingerprint density at radius 2 is 1.96 bits per heavy atom. The number of rotatable bonds is 6. The fraction of sp³-hybridized carbons (Fsp3) is 0.350. The maximum absolute atomic E-state index is 12.3. The highest BCUT2D eigenvalue weighted by Gasteiger charge is 2.31. The molecule has 1 heterocycles. The predicted octanol–water partition coefficient (Wildman–Crippen LogP) is 2.16. The first-order chi connectivity index (χ1) is 12.2. The molecule has 1 aliphatic rings. The Balaban J connectivity index is 0.00000243. The maximum atomic E-state index is 12.3. The molecule has 0 bridgehead atoms. The van der Waals surface area contributed by atoms with Crippen LogP contribution in [0.25, 0.3) is 0 Å². The molecule has 0 spiro atoms. The first-order valence-corrected chi connectivity index (χ1v) is 8.58. The second kappa shape index (κ2) is 9.57. The lowest BCUT2D eigenvalue weighted by Gasteiger charge is -2.16. The van der Waals surface area contributed by atoms with Crippen molar-refractivity contribution in [2.45, 2.75) is 18.5 Å². The molecular formula is C20H26ClN3O2. The van der Waals surface area contributed by atoms with Crippen molar-refractivity contribution in [1.29, 1.82) is 0 Å². The van der Waals surface area contributed by atoms with Crippen molar-refractivity contribution in [2.75, 3.05) is 26.7 Å². The highest BCUT2D eigenvalue weighted by molar-refractivity contribution is 5.85. The van der Waals surface area contributed by atoms with E-state index in [9.17, 15) is 4.79 Å². The quantitative estimate of drug-likeness (QED) is 0.811. The molecular weight excluding hydrogens is 350 g/mol. The van der Waals surface area contributed by atoms with Gasteiger partial charge in [-0.15, -0.1) is 12.4 Å². The van der Waals surface area contributed by atoms with Crippen LogP contribution in [0.15, 0.2) is 54.6 Å². The molecule has 2 aromatic rings. The Bertz CT molecular complexity index is 711. The third-order valence-corrected chi connectivity index (χ3v) is 4.66. The van der Waals surface area contributed by atoms with E-state index >= 15 is 0 Å². The van der Waals surface area contributed by atoms with E-state index in [2.05, 4.69) is 22.3 Å². The van der Waals surface area contributed by atoms with Crippen LogP contribution in [0, 0.1) is 0 Å². The summed E-state index contributed by atoms with van der Waals surface area (Å²) in [6, 6.07) is 18.1. The summed E-state index contributed by atoms with van der Waals surface area (Å²) in [5.41, 5.74) is 8.55. The van der Waals surface area contributed by atoms with Crippen LogP contribution in [0.3, 0.4) is 0 Å². The molecule has 6 heteroatoms. The van der Waals surface area contributed by atoms with Crippen molar-refractivity contribution < 1.29 is 9.53 Å². The molecule has 1 amide bonds. The molecule has 3 rings (SSSR count). The molecule has 5 nitrogen and oxygen atoms in total. The molecule has 0 aliphatic carbocycles. The van der Waals surface area contributed by atoms with Gasteiger partial charge < -0.3 is 15.8 Å². The van der Waals surface area contributed by atoms with Gasteiger partial charge in [-0.2, -0.15) is 0 Å². The van der Waals surface area contributed by atoms with E-state index in [1.54, 1.807) is 7.11 Å². The number of nitrogens with one attached hydrogen (secondary N) is 1. The third kappa shape index (κ3) is 5.21. The molecule has 3 N–H and O–H groups in total. The molecule has 1 saturated heterocycles. The van der Waals surface area contributed by atoms with Gasteiger partial charge in [0, 0.05) is 31.6 Å². The lowest BCUT2D eigenvalue weighted by atomic mass is 9.95. The van der Waals surface area contributed by atoms with Gasteiger partial charge in [0.15, 0.2) is 0 Å². The zero-order valence-corrected chi connectivity index (χ0v) is 15.7. The fourth-order valence-corrected chi connectivity index (χ4v) is 3.34. The van der Waals surface area contributed by atoms with E-state index in [0.717, 1.165) is 24.4 Å². The number of nitrogens with two attached hydrogens (primary N) is 1. The molecule has 0 aromatic heterocycles. The van der Waals surface area contributed by atoms with Gasteiger partial charge in [-0.25, -0.2) is 0 Å². The Morgan fingerprint density at radius 1 is 1.19 bits per heavy atom. The number of hydrogen-bond acceptors (Lipinski definition) is 4. The molecule has 0 radical (unpaired) electrons. The summed E-state index contributed by atoms with van der Waals surface area (Å²) in [5, 5.41) is 2.97. The summed E-state index contributed by atoms with van der Waals surface area (Å²) < 4.78 is 5.20. The van der Waals surface area contributed by atoms with Gasteiger partial charge in [-0.3, -0.25) is 9.69 Å². The van der Waals surface area contributed by atoms with Crippen molar-refractivity contribution in [3.8, 4) is 5.75 Å². The van der Waals surface area contributed by atoms with Crippen LogP contribution < -0.4 is 15.8 Å². The van der Waals surface area contributed by atoms with Crippen LogP contribution in [0.1, 0.15) is 17.0 Å². The number of amides is 1. The number of halogens is 1. The number of ether oxygens (including phenoxy) is 1. The Kier molecular flexibility index (Phi) is 7.45. The molecule has 0 saturated carbocycles. The van der Waals surface area contributed by atoms with Gasteiger partial charge in [-0.05, 0) is 23.3 Å². The lowest BCUT2D eigenvalue weighted by Crippen LogP contribution is -2.37. The smallest absolute Gasteiger partial charge is 0.234 e. The number of carbonyl (C=O) groups excluding carboxylic acids is 1. The first-order valence-electron chi connectivity index (χ1n) is 8.58. The standard InChI is InChI=1S/C20H25N3O2.ClH/c1-25-17-9-5-6-15(10-17)11-22-20(24)14-23-12-18(19(21)13-23)16-7-3-2-4-8-16;/h2-10,18-19H,11-14,21H2,1H3,(H,22,24);1H/t18-,19+;/m0./s1. The molecule has 140 valence electrons. The van der Waals surface area contributed by atoms with Crippen LogP contribution in [0.2, 0.25) is 0 Å². The fourth-order valence-electron chi connectivity index (χ4n) is 3.34. The summed E-state index contributed by atoms with van der Waals surface area (Å²) in [5.74, 6) is 1.10. The van der Waals surface area contributed by atoms with Gasteiger partial charge in [0.05, 0.1) is 13.7 Å². The third-order valence-electron chi connectivity index (χ3n) is 4.66. The Labute approximate surface area is 160 Å². The van der Waals surface area contributed by atoms with Gasteiger partial charge in [0.2, 0.25) is 5.91 Å². The van der Waals surface area contributed by atoms with E-state index < -0.39 is 0 Å². The van der Waals surface area contributed by atoms with E-state index in [1.807, 2.05) is 42.5 Å². The van der Waals surface area contributed by atoms with Gasteiger partial charge in [0.1, 0.15) is 5.75 Å². The van der Waals surface area contributed by atoms with Crippen LogP contribution in [-0.2, 0) is 11.3 Å². The number of nitrogens with zero attached hydrogens (tertiary/aromatic N) is 1. The van der Waals surface area contributed by atoms with Crippen LogP contribution in [0.4, 0.5) is 0 Å². The summed E-state index contributed by atoms with van der Waals surface area (Å²) in [6.07, 6.45) is 0. The molecule has 1 fully saturated rings. The zero-order chi connectivity index (χ0) is 17.6. The highest BCUT2D eigenvalue weighted by Crippen LogP contribution is 2.25. The normalized spacial score (nSPS) is 19.6. The average Bonchev–Trinajstić information content (AvgIpc) is 3.01. The van der Waals surface area contributed by atoms with Crippen molar-refractivity contribution in [3.63, 3.8) is 0 Å². The minimum atomic E-state index is 0. The van der Waals surface area contributed by atoms with Gasteiger partial charge in [-0.1, -0.05) is 42.5 Å².